The van der Waals surface area contributed by atoms with Gasteiger partial charge in [-0.2, -0.15) is 0 Å². The number of nitrogens with two attached hydrogens (primary N) is 2. The third kappa shape index (κ3) is 6.73. The lowest BCUT2D eigenvalue weighted by atomic mass is 10.1. The molecule has 1 aromatic carbocycles. The van der Waals surface area contributed by atoms with Crippen molar-refractivity contribution < 1.29 is 9.18 Å². The number of halogens is 1. The van der Waals surface area contributed by atoms with Crippen LogP contribution in [-0.4, -0.2) is 28.8 Å². The molecule has 0 saturated carbocycles. The maximum absolute atomic E-state index is 13.6. The Bertz CT molecular complexity index is 1300. The van der Waals surface area contributed by atoms with Gasteiger partial charge in [0.25, 0.3) is 5.91 Å². The van der Waals surface area contributed by atoms with Crippen LogP contribution in [0.15, 0.2) is 78.1 Å². The zero-order valence-electron chi connectivity index (χ0n) is 19.8. The molecular weight excluding hydrogens is 445 g/mol. The molecule has 2 heterocycles. The third-order valence-corrected chi connectivity index (χ3v) is 5.10. The smallest absolute Gasteiger partial charge is 0.254 e. The van der Waals surface area contributed by atoms with Crippen LogP contribution < -0.4 is 22.1 Å². The predicted octanol–water partition coefficient (Wildman–Crippen LogP) is 3.54. The fourth-order valence-corrected chi connectivity index (χ4v) is 3.35. The van der Waals surface area contributed by atoms with E-state index in [0.717, 1.165) is 5.69 Å². The third-order valence-electron chi connectivity index (χ3n) is 5.10. The number of pyridine rings is 2. The number of nitrogens with zero attached hydrogens (tertiary/aromatic N) is 3. The molecule has 2 aromatic heterocycles. The number of likely N-dealkylation sites (N-methyl/N-ethyl adjacent to an activating group) is 1. The van der Waals surface area contributed by atoms with Gasteiger partial charge in [0.15, 0.2) is 0 Å². The molecule has 35 heavy (non-hydrogen) atoms. The van der Waals surface area contributed by atoms with Gasteiger partial charge in [0.05, 0.1) is 23.0 Å². The number of carbonyl (C=O) groups excluding carboxylic acids is 1. The Morgan fingerprint density at radius 3 is 2.63 bits per heavy atom. The molecule has 0 radical (unpaired) electrons. The van der Waals surface area contributed by atoms with Gasteiger partial charge in [-0.3, -0.25) is 14.8 Å². The number of hydrogen-bond donors (Lipinski definition) is 4. The average Bonchev–Trinajstić information content (AvgIpc) is 2.84. The molecule has 0 saturated heterocycles. The standard InChI is InChI=1S/C26H28FN7O/c1-16-6-4-9-25(32-16)34-22(14-24(29)33-17(2)18-7-5-8-20(27)12-18)19-10-11-31-23(13-19)21(15-28)26(35)30-3/h4-15,17H,28H2,1-3H3,(H2,29,33)(H,30,35)(H,32,34)/b21-15?,22-14-. The number of amidine groups is 1. The molecule has 1 unspecified atom stereocenters. The average molecular weight is 474 g/mol. The summed E-state index contributed by atoms with van der Waals surface area (Å²) in [6, 6.07) is 14.9. The molecule has 3 aromatic rings. The second kappa shape index (κ2) is 11.6. The lowest BCUT2D eigenvalue weighted by Gasteiger charge is -2.14. The van der Waals surface area contributed by atoms with Crippen LogP contribution in [-0.2, 0) is 4.79 Å². The van der Waals surface area contributed by atoms with Crippen molar-refractivity contribution in [3.63, 3.8) is 0 Å². The molecule has 1 amide bonds. The number of aromatic nitrogens is 2. The van der Waals surface area contributed by atoms with Crippen LogP contribution >= 0.6 is 0 Å². The van der Waals surface area contributed by atoms with Gasteiger partial charge >= 0.3 is 0 Å². The van der Waals surface area contributed by atoms with Gasteiger partial charge in [-0.1, -0.05) is 18.2 Å². The van der Waals surface area contributed by atoms with Crippen molar-refractivity contribution in [3.05, 3.63) is 101 Å². The number of benzene rings is 1. The predicted molar refractivity (Wildman–Crippen MR) is 137 cm³/mol. The highest BCUT2D eigenvalue weighted by molar-refractivity contribution is 6.18. The maximum Gasteiger partial charge on any atom is 0.254 e. The molecule has 3 rings (SSSR count). The minimum atomic E-state index is -0.367. The van der Waals surface area contributed by atoms with Crippen molar-refractivity contribution in [2.24, 2.45) is 16.5 Å². The van der Waals surface area contributed by atoms with Crippen LogP contribution in [0.25, 0.3) is 11.3 Å². The molecule has 0 fully saturated rings. The van der Waals surface area contributed by atoms with Crippen molar-refractivity contribution in [1.29, 1.82) is 0 Å². The summed E-state index contributed by atoms with van der Waals surface area (Å²) in [5.41, 5.74) is 15.4. The molecular formula is C26H28FN7O. The van der Waals surface area contributed by atoms with Crippen molar-refractivity contribution >= 4 is 28.8 Å². The molecule has 1 atom stereocenters. The van der Waals surface area contributed by atoms with Crippen LogP contribution in [0.3, 0.4) is 0 Å². The van der Waals surface area contributed by atoms with Gasteiger partial charge in [-0.25, -0.2) is 9.37 Å². The van der Waals surface area contributed by atoms with E-state index in [1.54, 1.807) is 36.5 Å². The molecule has 8 nitrogen and oxygen atoms in total. The number of aliphatic imine (C=N–C) groups is 1. The van der Waals surface area contributed by atoms with Crippen LogP contribution in [0, 0.1) is 12.7 Å². The Morgan fingerprint density at radius 1 is 1.17 bits per heavy atom. The highest BCUT2D eigenvalue weighted by Gasteiger charge is 2.14. The zero-order chi connectivity index (χ0) is 25.4. The lowest BCUT2D eigenvalue weighted by molar-refractivity contribution is -0.115. The normalized spacial score (nSPS) is 13.3. The van der Waals surface area contributed by atoms with Crippen LogP contribution in [0.2, 0.25) is 0 Å². The summed E-state index contributed by atoms with van der Waals surface area (Å²) in [4.78, 5) is 25.5. The van der Waals surface area contributed by atoms with E-state index in [1.807, 2.05) is 32.0 Å². The summed E-state index contributed by atoms with van der Waals surface area (Å²) >= 11 is 0. The summed E-state index contributed by atoms with van der Waals surface area (Å²) in [7, 11) is 1.52. The number of anilines is 1. The Morgan fingerprint density at radius 2 is 1.94 bits per heavy atom. The number of aryl methyl sites for hydroxylation is 1. The van der Waals surface area contributed by atoms with E-state index < -0.39 is 0 Å². The van der Waals surface area contributed by atoms with Crippen LogP contribution in [0.1, 0.15) is 35.5 Å². The largest absolute Gasteiger partial charge is 0.404 e. The summed E-state index contributed by atoms with van der Waals surface area (Å²) in [5, 5.41) is 5.82. The van der Waals surface area contributed by atoms with Gasteiger partial charge in [0.1, 0.15) is 17.5 Å². The number of nitrogens with one attached hydrogen (secondary N) is 2. The summed E-state index contributed by atoms with van der Waals surface area (Å²) in [5.74, 6) is 0.120. The first kappa shape index (κ1) is 25.1. The monoisotopic (exact) mass is 473 g/mol. The quantitative estimate of drug-likeness (QED) is 0.225. The SMILES string of the molecule is CNC(=O)C(=CN)c1cc(/C(=C/C(N)=NC(C)c2cccc(F)c2)Nc2cccc(C)n2)ccn1. The van der Waals surface area contributed by atoms with E-state index in [-0.39, 0.29) is 29.2 Å². The minimum absolute atomic E-state index is 0.219. The molecule has 0 aliphatic carbocycles. The Kier molecular flexibility index (Phi) is 8.29. The van der Waals surface area contributed by atoms with E-state index in [2.05, 4.69) is 25.6 Å². The first-order valence-electron chi connectivity index (χ1n) is 10.9. The molecule has 180 valence electrons. The van der Waals surface area contributed by atoms with E-state index in [9.17, 15) is 9.18 Å². The highest BCUT2D eigenvalue weighted by Crippen LogP contribution is 2.22. The van der Waals surface area contributed by atoms with Crippen LogP contribution in [0.5, 0.6) is 0 Å². The topological polar surface area (TPSA) is 131 Å². The van der Waals surface area contributed by atoms with Gasteiger partial charge in [0.2, 0.25) is 0 Å². The second-order valence-corrected chi connectivity index (χ2v) is 7.72. The summed E-state index contributed by atoms with van der Waals surface area (Å²) in [6.45, 7) is 3.72. The fourth-order valence-electron chi connectivity index (χ4n) is 3.35. The summed E-state index contributed by atoms with van der Waals surface area (Å²) < 4.78 is 13.6. The molecule has 6 N–H and O–H groups in total. The van der Waals surface area contributed by atoms with Gasteiger partial charge in [-0.05, 0) is 55.8 Å². The van der Waals surface area contributed by atoms with Gasteiger partial charge < -0.3 is 22.1 Å². The number of carbonyl (C=O) groups is 1. The number of hydrogen-bond acceptors (Lipinski definition) is 6. The Labute approximate surface area is 203 Å². The molecule has 0 spiro atoms. The number of amides is 1. The van der Waals surface area contributed by atoms with Crippen molar-refractivity contribution in [1.82, 2.24) is 15.3 Å². The molecule has 0 aliphatic rings. The molecule has 9 heteroatoms. The summed E-state index contributed by atoms with van der Waals surface area (Å²) in [6.07, 6.45) is 4.43. The van der Waals surface area contributed by atoms with Crippen LogP contribution in [0.4, 0.5) is 10.2 Å². The maximum atomic E-state index is 13.6. The van der Waals surface area contributed by atoms with E-state index in [1.165, 1.54) is 25.4 Å². The van der Waals surface area contributed by atoms with Crippen molar-refractivity contribution in [2.75, 3.05) is 12.4 Å². The first-order chi connectivity index (χ1) is 16.8. The second-order valence-electron chi connectivity index (χ2n) is 7.72. The fraction of sp³-hybridized carbons (Fsp3) is 0.154. The van der Waals surface area contributed by atoms with Crippen molar-refractivity contribution in [2.45, 2.75) is 19.9 Å². The Hall–Kier alpha value is -4.53. The Balaban J connectivity index is 2.03. The van der Waals surface area contributed by atoms with E-state index in [4.69, 9.17) is 11.5 Å². The van der Waals surface area contributed by atoms with E-state index in [0.29, 0.717) is 28.3 Å². The van der Waals surface area contributed by atoms with Gasteiger partial charge in [0, 0.05) is 36.8 Å². The van der Waals surface area contributed by atoms with Gasteiger partial charge in [-0.15, -0.1) is 0 Å². The highest BCUT2D eigenvalue weighted by atomic mass is 19.1. The molecule has 0 bridgehead atoms. The lowest BCUT2D eigenvalue weighted by Crippen LogP contribution is -2.20. The minimum Gasteiger partial charge on any atom is -0.404 e. The van der Waals surface area contributed by atoms with E-state index >= 15 is 0 Å². The molecule has 0 aliphatic heterocycles. The number of rotatable bonds is 8. The first-order valence-corrected chi connectivity index (χ1v) is 10.9. The van der Waals surface area contributed by atoms with Crippen molar-refractivity contribution in [3.8, 4) is 0 Å². The zero-order valence-corrected chi connectivity index (χ0v) is 19.8.